The summed E-state index contributed by atoms with van der Waals surface area (Å²) in [6, 6.07) is 6.90. The summed E-state index contributed by atoms with van der Waals surface area (Å²) in [5.74, 6) is 0.376. The summed E-state index contributed by atoms with van der Waals surface area (Å²) in [5, 5.41) is 5.69. The molecule has 14 heteroatoms. The molecule has 2 fully saturated rings. The van der Waals surface area contributed by atoms with Gasteiger partial charge in [0.15, 0.2) is 11.5 Å². The van der Waals surface area contributed by atoms with Crippen LogP contribution < -0.4 is 20.1 Å². The van der Waals surface area contributed by atoms with Crippen molar-refractivity contribution in [3.63, 3.8) is 0 Å². The molecule has 0 radical (unpaired) electrons. The van der Waals surface area contributed by atoms with Gasteiger partial charge in [0.05, 0.1) is 50.0 Å². The summed E-state index contributed by atoms with van der Waals surface area (Å²) < 4.78 is 20.1. The van der Waals surface area contributed by atoms with E-state index in [0.717, 1.165) is 37.0 Å². The van der Waals surface area contributed by atoms with Crippen molar-refractivity contribution in [2.24, 2.45) is 19.1 Å². The minimum Gasteiger partial charge on any atom is -0.493 e. The Morgan fingerprint density at radius 2 is 1.69 bits per heavy atom. The second-order valence-corrected chi connectivity index (χ2v) is 11.9. The van der Waals surface area contributed by atoms with Gasteiger partial charge in [0.1, 0.15) is 11.4 Å². The number of benzene rings is 1. The van der Waals surface area contributed by atoms with Gasteiger partial charge in [0.25, 0.3) is 11.8 Å². The zero-order valence-corrected chi connectivity index (χ0v) is 27.9. The highest BCUT2D eigenvalue weighted by Crippen LogP contribution is 2.35. The molecule has 1 aromatic carbocycles. The molecule has 2 aromatic heterocycles. The molecule has 2 N–H and O–H groups in total. The van der Waals surface area contributed by atoms with Gasteiger partial charge < -0.3 is 43.8 Å². The van der Waals surface area contributed by atoms with E-state index in [1.54, 1.807) is 76.9 Å². The van der Waals surface area contributed by atoms with Crippen LogP contribution in [-0.4, -0.2) is 102 Å². The van der Waals surface area contributed by atoms with Crippen molar-refractivity contribution in [1.82, 2.24) is 18.9 Å². The number of ether oxygens (including phenoxy) is 3. The van der Waals surface area contributed by atoms with Crippen LogP contribution in [0.25, 0.3) is 0 Å². The number of carbonyl (C=O) groups excluding carboxylic acids is 4. The Morgan fingerprint density at radius 3 is 2.42 bits per heavy atom. The maximum atomic E-state index is 13.1. The van der Waals surface area contributed by atoms with E-state index in [1.807, 2.05) is 13.0 Å². The molecule has 3 aromatic rings. The molecule has 1 unspecified atom stereocenters. The van der Waals surface area contributed by atoms with Gasteiger partial charge in [-0.1, -0.05) is 0 Å². The number of amides is 4. The van der Waals surface area contributed by atoms with Crippen molar-refractivity contribution < 1.29 is 33.4 Å². The average molecular weight is 662 g/mol. The van der Waals surface area contributed by atoms with Crippen LogP contribution in [0.1, 0.15) is 52.2 Å². The molecule has 256 valence electrons. The normalized spacial score (nSPS) is 16.3. The first kappa shape index (κ1) is 34.2. The zero-order valence-electron chi connectivity index (χ0n) is 27.9. The molecule has 1 atom stereocenters. The predicted molar refractivity (Wildman–Crippen MR) is 181 cm³/mol. The van der Waals surface area contributed by atoms with E-state index in [4.69, 9.17) is 14.2 Å². The summed E-state index contributed by atoms with van der Waals surface area (Å²) in [6.45, 7) is 5.00. The Hall–Kier alpha value is -5.11. The number of rotatable bonds is 13. The van der Waals surface area contributed by atoms with Crippen LogP contribution in [0.2, 0.25) is 0 Å². The van der Waals surface area contributed by atoms with Gasteiger partial charge in [-0.15, -0.1) is 0 Å². The van der Waals surface area contributed by atoms with Crippen LogP contribution in [-0.2, 0) is 28.4 Å². The van der Waals surface area contributed by atoms with Gasteiger partial charge in [0, 0.05) is 64.8 Å². The van der Waals surface area contributed by atoms with Crippen molar-refractivity contribution >= 4 is 47.4 Å². The highest BCUT2D eigenvalue weighted by Gasteiger charge is 2.23. The van der Waals surface area contributed by atoms with Gasteiger partial charge in [-0.25, -0.2) is 0 Å². The smallest absolute Gasteiger partial charge is 0.272 e. The Morgan fingerprint density at radius 1 is 0.979 bits per heavy atom. The van der Waals surface area contributed by atoms with Crippen LogP contribution in [0.15, 0.2) is 41.7 Å². The Kier molecular flexibility index (Phi) is 11.2. The van der Waals surface area contributed by atoms with Gasteiger partial charge in [0.2, 0.25) is 12.3 Å². The molecule has 5 rings (SSSR count). The molecular weight excluding hydrogens is 618 g/mol. The number of hydrogen-bond acceptors (Lipinski definition) is 8. The Bertz CT molecular complexity index is 1670. The van der Waals surface area contributed by atoms with Gasteiger partial charge in [-0.3, -0.25) is 24.2 Å². The third-order valence-electron chi connectivity index (χ3n) is 8.45. The summed E-state index contributed by atoms with van der Waals surface area (Å²) >= 11 is 0. The number of carbonyl (C=O) groups is 4. The summed E-state index contributed by atoms with van der Waals surface area (Å²) in [6.07, 6.45) is 8.50. The fourth-order valence-electron chi connectivity index (χ4n) is 5.80. The minimum atomic E-state index is -0.373. The van der Waals surface area contributed by atoms with Crippen LogP contribution in [0.4, 0.5) is 17.1 Å². The van der Waals surface area contributed by atoms with Gasteiger partial charge in [-0.2, -0.15) is 0 Å². The third-order valence-corrected chi connectivity index (χ3v) is 8.45. The van der Waals surface area contributed by atoms with Crippen molar-refractivity contribution in [2.75, 3.05) is 57.2 Å². The lowest BCUT2D eigenvalue weighted by Crippen LogP contribution is -2.41. The number of nitrogens with one attached hydrogen (secondary N) is 2. The number of nitrogens with zero attached hydrogens (tertiary/aromatic N) is 5. The molecule has 0 saturated carbocycles. The molecule has 0 spiro atoms. The van der Waals surface area contributed by atoms with E-state index in [0.29, 0.717) is 67.0 Å². The molecule has 4 heterocycles. The first-order chi connectivity index (χ1) is 23.2. The Labute approximate surface area is 279 Å². The number of methoxy groups -OCH3 is 1. The standard InChI is InChI=1S/C34H43N7O7/c1-23-15-30(46-4)31(18-27(23)35-19-26-7-5-9-41(26)22-42)48-12-6-8-32(43)36-24-16-28(38(2)20-24)33(44)37-25-17-29(39(3)21-25)34(45)40-10-13-47-14-11-40/h15-22,26H,5-14H2,1-4H3,(H,36,43)(H,37,44)/b35-19-. The lowest BCUT2D eigenvalue weighted by molar-refractivity contribution is -0.118. The Balaban J connectivity index is 1.11. The van der Waals surface area contributed by atoms with Crippen LogP contribution in [0.5, 0.6) is 11.5 Å². The molecule has 2 aliphatic rings. The summed E-state index contributed by atoms with van der Waals surface area (Å²) in [7, 11) is 5.05. The zero-order chi connectivity index (χ0) is 34.2. The number of morpholine rings is 1. The van der Waals surface area contributed by atoms with Crippen molar-refractivity contribution in [3.05, 3.63) is 53.6 Å². The van der Waals surface area contributed by atoms with E-state index in [1.165, 1.54) is 0 Å². The van der Waals surface area contributed by atoms with Crippen molar-refractivity contribution in [1.29, 1.82) is 0 Å². The molecular formula is C34H43N7O7. The fraction of sp³-hybridized carbons (Fsp3) is 0.441. The largest absolute Gasteiger partial charge is 0.493 e. The van der Waals surface area contributed by atoms with E-state index in [9.17, 15) is 19.2 Å². The number of aryl methyl sites for hydroxylation is 3. The highest BCUT2D eigenvalue weighted by molar-refractivity contribution is 6.05. The fourth-order valence-corrected chi connectivity index (χ4v) is 5.80. The molecule has 0 bridgehead atoms. The van der Waals surface area contributed by atoms with E-state index >= 15 is 0 Å². The third kappa shape index (κ3) is 8.23. The lowest BCUT2D eigenvalue weighted by atomic mass is 10.1. The molecule has 14 nitrogen and oxygen atoms in total. The number of aromatic nitrogens is 2. The number of anilines is 2. The van der Waals surface area contributed by atoms with Crippen molar-refractivity contribution in [2.45, 2.75) is 38.6 Å². The van der Waals surface area contributed by atoms with Crippen LogP contribution in [0.3, 0.4) is 0 Å². The minimum absolute atomic E-state index is 0.0169. The van der Waals surface area contributed by atoms with Crippen LogP contribution in [0, 0.1) is 6.92 Å². The van der Waals surface area contributed by atoms with E-state index < -0.39 is 0 Å². The maximum absolute atomic E-state index is 13.1. The number of aliphatic imine (C=N–C) groups is 1. The van der Waals surface area contributed by atoms with Crippen LogP contribution >= 0.6 is 0 Å². The highest BCUT2D eigenvalue weighted by atomic mass is 16.5. The molecule has 2 aliphatic heterocycles. The number of hydrogen-bond donors (Lipinski definition) is 2. The first-order valence-corrected chi connectivity index (χ1v) is 16.0. The summed E-state index contributed by atoms with van der Waals surface area (Å²) in [4.78, 5) is 58.1. The van der Waals surface area contributed by atoms with Gasteiger partial charge >= 0.3 is 0 Å². The lowest BCUT2D eigenvalue weighted by Gasteiger charge is -2.26. The average Bonchev–Trinajstić information content (AvgIpc) is 3.80. The second kappa shape index (κ2) is 15.7. The number of likely N-dealkylation sites (tertiary alicyclic amines) is 1. The monoisotopic (exact) mass is 661 g/mol. The molecule has 48 heavy (non-hydrogen) atoms. The first-order valence-electron chi connectivity index (χ1n) is 16.0. The SMILES string of the molecule is COc1cc(C)c(/N=C\C2CCCN2C=O)cc1OCCCC(=O)Nc1cc(C(=O)Nc2cc(C(=O)N3CCOCC3)n(C)c2)n(C)c1. The molecule has 2 saturated heterocycles. The second-order valence-electron chi connectivity index (χ2n) is 11.9. The molecule has 0 aliphatic carbocycles. The summed E-state index contributed by atoms with van der Waals surface area (Å²) in [5.41, 5.74) is 3.43. The van der Waals surface area contributed by atoms with E-state index in [2.05, 4.69) is 15.6 Å². The topological polar surface area (TPSA) is 149 Å². The molecule has 4 amide bonds. The predicted octanol–water partition coefficient (Wildman–Crippen LogP) is 3.53. The maximum Gasteiger partial charge on any atom is 0.272 e. The van der Waals surface area contributed by atoms with Crippen molar-refractivity contribution in [3.8, 4) is 11.5 Å². The van der Waals surface area contributed by atoms with Gasteiger partial charge in [-0.05, 0) is 49.9 Å². The quantitative estimate of drug-likeness (QED) is 0.162. The van der Waals surface area contributed by atoms with E-state index in [-0.39, 0.29) is 36.8 Å².